The molecule has 0 unspecified atom stereocenters. The minimum Gasteiger partial charge on any atom is -0.494 e. The molecule has 0 atom stereocenters. The number of benzene rings is 2. The van der Waals surface area contributed by atoms with Gasteiger partial charge in [-0.15, -0.1) is 10.2 Å². The molecule has 7 nitrogen and oxygen atoms in total. The Balaban J connectivity index is 1.51. The van der Waals surface area contributed by atoms with Crippen molar-refractivity contribution in [2.75, 3.05) is 17.2 Å². The summed E-state index contributed by atoms with van der Waals surface area (Å²) in [4.78, 5) is 12.1. The lowest BCUT2D eigenvalue weighted by molar-refractivity contribution is 0.262. The molecule has 2 amide bonds. The van der Waals surface area contributed by atoms with Crippen molar-refractivity contribution in [3.63, 3.8) is 0 Å². The molecule has 0 radical (unpaired) electrons. The van der Waals surface area contributed by atoms with E-state index < -0.39 is 0 Å². The van der Waals surface area contributed by atoms with Crippen LogP contribution in [0.5, 0.6) is 11.5 Å². The highest BCUT2D eigenvalue weighted by Gasteiger charge is 2.10. The zero-order chi connectivity index (χ0) is 19.9. The number of anilines is 2. The van der Waals surface area contributed by atoms with E-state index in [1.54, 1.807) is 24.3 Å². The average molecular weight is 398 g/mol. The molecule has 2 aromatic carbocycles. The number of nitrogens with zero attached hydrogens (tertiary/aromatic N) is 2. The minimum atomic E-state index is -0.387. The molecule has 0 aliphatic heterocycles. The summed E-state index contributed by atoms with van der Waals surface area (Å²) in [6, 6.07) is 12.8. The topological polar surface area (TPSA) is 85.4 Å². The van der Waals surface area contributed by atoms with E-state index >= 15 is 0 Å². The number of carbonyl (C=O) groups excluding carboxylic acids is 1. The van der Waals surface area contributed by atoms with Gasteiger partial charge in [-0.3, -0.25) is 5.32 Å². The number of urea groups is 1. The van der Waals surface area contributed by atoms with Crippen LogP contribution in [0.3, 0.4) is 0 Å². The van der Waals surface area contributed by atoms with E-state index in [2.05, 4.69) is 26.9 Å². The van der Waals surface area contributed by atoms with Crippen molar-refractivity contribution in [3.8, 4) is 11.5 Å². The summed E-state index contributed by atoms with van der Waals surface area (Å²) in [5.74, 6) is 1.56. The SMILES string of the molecule is CCOc1ccc(NC(=O)Nc2nnc(COc3ccc(C)cc3C)s2)cc1. The molecule has 146 valence electrons. The van der Waals surface area contributed by atoms with Crippen molar-refractivity contribution < 1.29 is 14.3 Å². The second kappa shape index (κ2) is 9.18. The fraction of sp³-hybridized carbons (Fsp3) is 0.250. The number of hydrogen-bond acceptors (Lipinski definition) is 6. The van der Waals surface area contributed by atoms with E-state index in [1.165, 1.54) is 16.9 Å². The zero-order valence-electron chi connectivity index (χ0n) is 16.0. The Morgan fingerprint density at radius 2 is 1.82 bits per heavy atom. The Morgan fingerprint density at radius 3 is 2.54 bits per heavy atom. The van der Waals surface area contributed by atoms with E-state index in [4.69, 9.17) is 9.47 Å². The van der Waals surface area contributed by atoms with E-state index in [9.17, 15) is 4.79 Å². The van der Waals surface area contributed by atoms with Gasteiger partial charge >= 0.3 is 6.03 Å². The third-order valence-corrected chi connectivity index (χ3v) is 4.60. The van der Waals surface area contributed by atoms with Crippen LogP contribution in [-0.2, 0) is 6.61 Å². The van der Waals surface area contributed by atoms with E-state index in [0.717, 1.165) is 17.1 Å². The molecule has 0 spiro atoms. The van der Waals surface area contributed by atoms with E-state index in [0.29, 0.717) is 29.0 Å². The summed E-state index contributed by atoms with van der Waals surface area (Å²) in [6.45, 7) is 6.85. The fourth-order valence-corrected chi connectivity index (χ4v) is 3.17. The van der Waals surface area contributed by atoms with Gasteiger partial charge in [-0.25, -0.2) is 4.79 Å². The maximum Gasteiger partial charge on any atom is 0.325 e. The summed E-state index contributed by atoms with van der Waals surface area (Å²) in [5.41, 5.74) is 2.91. The Hall–Kier alpha value is -3.13. The van der Waals surface area contributed by atoms with Crippen molar-refractivity contribution in [1.82, 2.24) is 10.2 Å². The van der Waals surface area contributed by atoms with E-state index in [-0.39, 0.29) is 6.03 Å². The molecule has 1 heterocycles. The predicted molar refractivity (Wildman–Crippen MR) is 110 cm³/mol. The molecule has 2 N–H and O–H groups in total. The van der Waals surface area contributed by atoms with Crippen LogP contribution in [0, 0.1) is 13.8 Å². The Kier molecular flexibility index (Phi) is 6.44. The predicted octanol–water partition coefficient (Wildman–Crippen LogP) is 4.78. The number of nitrogens with one attached hydrogen (secondary N) is 2. The molecule has 0 fully saturated rings. The third-order valence-electron chi connectivity index (χ3n) is 3.79. The number of aromatic nitrogens is 2. The van der Waals surface area contributed by atoms with Gasteiger partial charge in [0, 0.05) is 5.69 Å². The van der Waals surface area contributed by atoms with Crippen molar-refractivity contribution in [2.45, 2.75) is 27.4 Å². The highest BCUT2D eigenvalue weighted by atomic mass is 32.1. The number of amides is 2. The molecule has 0 aliphatic carbocycles. The van der Waals surface area contributed by atoms with Gasteiger partial charge in [0.25, 0.3) is 0 Å². The zero-order valence-corrected chi connectivity index (χ0v) is 16.8. The molecular formula is C20H22N4O3S. The lowest BCUT2D eigenvalue weighted by Crippen LogP contribution is -2.19. The summed E-state index contributed by atoms with van der Waals surface area (Å²) >= 11 is 1.27. The highest BCUT2D eigenvalue weighted by molar-refractivity contribution is 7.15. The van der Waals surface area contributed by atoms with Gasteiger partial charge in [-0.1, -0.05) is 29.0 Å². The van der Waals surface area contributed by atoms with Gasteiger partial charge in [0.2, 0.25) is 5.13 Å². The molecule has 0 bridgehead atoms. The molecule has 1 aromatic heterocycles. The van der Waals surface area contributed by atoms with Crippen molar-refractivity contribution in [3.05, 3.63) is 58.6 Å². The Bertz CT molecular complexity index is 941. The molecule has 3 rings (SSSR count). The van der Waals surface area contributed by atoms with Gasteiger partial charge in [0.05, 0.1) is 6.61 Å². The highest BCUT2D eigenvalue weighted by Crippen LogP contribution is 2.22. The van der Waals surface area contributed by atoms with Gasteiger partial charge in [0.15, 0.2) is 5.01 Å². The maximum atomic E-state index is 12.1. The normalized spacial score (nSPS) is 10.4. The number of carbonyl (C=O) groups is 1. The van der Waals surface area contributed by atoms with Crippen LogP contribution in [0.2, 0.25) is 0 Å². The van der Waals surface area contributed by atoms with Crippen LogP contribution >= 0.6 is 11.3 Å². The monoisotopic (exact) mass is 398 g/mol. The van der Waals surface area contributed by atoms with Crippen LogP contribution in [0.25, 0.3) is 0 Å². The Morgan fingerprint density at radius 1 is 1.04 bits per heavy atom. The Labute approximate surface area is 167 Å². The first-order valence-corrected chi connectivity index (χ1v) is 9.68. The molecule has 0 aliphatic rings. The molecular weight excluding hydrogens is 376 g/mol. The first-order chi connectivity index (χ1) is 13.5. The molecule has 3 aromatic rings. The first kappa shape index (κ1) is 19.6. The lowest BCUT2D eigenvalue weighted by atomic mass is 10.1. The maximum absolute atomic E-state index is 12.1. The molecule has 28 heavy (non-hydrogen) atoms. The van der Waals surface area contributed by atoms with Gasteiger partial charge in [-0.05, 0) is 56.7 Å². The third kappa shape index (κ3) is 5.43. The second-order valence-corrected chi connectivity index (χ2v) is 7.16. The summed E-state index contributed by atoms with van der Waals surface area (Å²) in [6.07, 6.45) is 0. The van der Waals surface area contributed by atoms with Crippen LogP contribution in [0.15, 0.2) is 42.5 Å². The second-order valence-electron chi connectivity index (χ2n) is 6.10. The summed E-state index contributed by atoms with van der Waals surface area (Å²) < 4.78 is 11.2. The largest absolute Gasteiger partial charge is 0.494 e. The number of hydrogen-bond donors (Lipinski definition) is 2. The van der Waals surface area contributed by atoms with Crippen molar-refractivity contribution in [1.29, 1.82) is 0 Å². The minimum absolute atomic E-state index is 0.295. The van der Waals surface area contributed by atoms with Crippen LogP contribution in [0.1, 0.15) is 23.1 Å². The molecule has 0 saturated carbocycles. The van der Waals surface area contributed by atoms with Crippen molar-refractivity contribution >= 4 is 28.2 Å². The quantitative estimate of drug-likeness (QED) is 0.598. The van der Waals surface area contributed by atoms with Crippen LogP contribution in [-0.4, -0.2) is 22.8 Å². The number of rotatable bonds is 7. The van der Waals surface area contributed by atoms with Crippen molar-refractivity contribution in [2.24, 2.45) is 0 Å². The van der Waals surface area contributed by atoms with Gasteiger partial charge in [0.1, 0.15) is 18.1 Å². The lowest BCUT2D eigenvalue weighted by Gasteiger charge is -2.07. The summed E-state index contributed by atoms with van der Waals surface area (Å²) in [5, 5.41) is 14.5. The molecule has 8 heteroatoms. The summed E-state index contributed by atoms with van der Waals surface area (Å²) in [7, 11) is 0. The van der Waals surface area contributed by atoms with Crippen LogP contribution < -0.4 is 20.1 Å². The standard InChI is InChI=1S/C20H22N4O3S/c1-4-26-16-8-6-15(7-9-16)21-19(25)22-20-24-23-18(28-20)12-27-17-10-5-13(2)11-14(17)3/h5-11H,4,12H2,1-3H3,(H2,21,22,24,25). The number of aryl methyl sites for hydroxylation is 2. The fourth-order valence-electron chi connectivity index (χ4n) is 2.52. The van der Waals surface area contributed by atoms with Crippen LogP contribution in [0.4, 0.5) is 15.6 Å². The number of ether oxygens (including phenoxy) is 2. The van der Waals surface area contributed by atoms with Gasteiger partial charge < -0.3 is 14.8 Å². The molecule has 0 saturated heterocycles. The van der Waals surface area contributed by atoms with E-state index in [1.807, 2.05) is 32.9 Å². The average Bonchev–Trinajstić information content (AvgIpc) is 3.10. The first-order valence-electron chi connectivity index (χ1n) is 8.87. The smallest absolute Gasteiger partial charge is 0.325 e. The van der Waals surface area contributed by atoms with Gasteiger partial charge in [-0.2, -0.15) is 0 Å².